The molecule has 0 aromatic heterocycles. The largest absolute Gasteiger partial charge is 0.462 e. The van der Waals surface area contributed by atoms with Gasteiger partial charge in [0.1, 0.15) is 13.2 Å². The molecule has 0 saturated heterocycles. The summed E-state index contributed by atoms with van der Waals surface area (Å²) in [6.07, 6.45) is 81.7. The number of carbonyl (C=O) groups is 3. The second-order valence-corrected chi connectivity index (χ2v) is 22.7. The third-order valence-corrected chi connectivity index (χ3v) is 15.1. The molecule has 0 N–H and O–H groups in total. The van der Waals surface area contributed by atoms with Gasteiger partial charge in [0.2, 0.25) is 0 Å². The zero-order chi connectivity index (χ0) is 55.0. The van der Waals surface area contributed by atoms with Crippen molar-refractivity contribution in [3.8, 4) is 0 Å². The van der Waals surface area contributed by atoms with Crippen LogP contribution in [0.2, 0.25) is 0 Å². The molecule has 0 spiro atoms. The van der Waals surface area contributed by atoms with E-state index >= 15 is 0 Å². The Morgan fingerprint density at radius 1 is 0.276 bits per heavy atom. The Labute approximate surface area is 473 Å². The third-order valence-electron chi connectivity index (χ3n) is 15.1. The maximum Gasteiger partial charge on any atom is 0.306 e. The predicted molar refractivity (Wildman–Crippen MR) is 330 cm³/mol. The first kappa shape index (κ1) is 73.4. The van der Waals surface area contributed by atoms with Crippen molar-refractivity contribution in [2.24, 2.45) is 0 Å². The van der Waals surface area contributed by atoms with Crippen LogP contribution in [0.1, 0.15) is 361 Å². The second kappa shape index (κ2) is 64.9. The van der Waals surface area contributed by atoms with E-state index in [4.69, 9.17) is 14.2 Å². The molecular weight excluding hydrogens is 937 g/mol. The van der Waals surface area contributed by atoms with Gasteiger partial charge < -0.3 is 14.2 Å². The molecule has 76 heavy (non-hydrogen) atoms. The van der Waals surface area contributed by atoms with Crippen LogP contribution in [-0.4, -0.2) is 37.2 Å². The zero-order valence-electron chi connectivity index (χ0n) is 51.0. The number of ether oxygens (including phenoxy) is 3. The molecule has 0 saturated carbocycles. The fraction of sp³-hybridized carbons (Fsp3) is 0.843. The molecule has 1 atom stereocenters. The van der Waals surface area contributed by atoms with Gasteiger partial charge in [-0.2, -0.15) is 0 Å². The third kappa shape index (κ3) is 62.2. The summed E-state index contributed by atoms with van der Waals surface area (Å²) in [5.74, 6) is -0.845. The van der Waals surface area contributed by atoms with Crippen LogP contribution in [0.15, 0.2) is 48.6 Å². The minimum absolute atomic E-state index is 0.0651. The van der Waals surface area contributed by atoms with Crippen molar-refractivity contribution in [3.05, 3.63) is 48.6 Å². The Morgan fingerprint density at radius 2 is 0.513 bits per heavy atom. The standard InChI is InChI=1S/C70H128O6/c1-4-7-10-13-16-19-21-23-25-26-27-28-29-30-31-32-33-34-35-36-37-38-39-40-41-42-43-44-46-47-49-51-54-57-60-63-69(72)75-66-67(65-74-68(71)62-59-56-53-18-15-12-9-6-3)76-70(73)64-61-58-55-52-50-48-45-24-22-20-17-14-11-8-5-2/h7,10,16,19,23,25,27-28,67H,4-6,8-9,11-15,17-18,20-22,24,26,29-66H2,1-3H3/b10-7-,19-16-,25-23-,28-27-. The highest BCUT2D eigenvalue weighted by Crippen LogP contribution is 2.18. The quantitative estimate of drug-likeness (QED) is 0.0261. The van der Waals surface area contributed by atoms with Crippen LogP contribution in [0, 0.1) is 0 Å². The Kier molecular flexibility index (Phi) is 62.6. The lowest BCUT2D eigenvalue weighted by atomic mass is 10.0. The second-order valence-electron chi connectivity index (χ2n) is 22.7. The Hall–Kier alpha value is -2.63. The van der Waals surface area contributed by atoms with Crippen molar-refractivity contribution in [2.45, 2.75) is 367 Å². The van der Waals surface area contributed by atoms with Crippen LogP contribution in [0.3, 0.4) is 0 Å². The first-order chi connectivity index (χ1) is 37.5. The van der Waals surface area contributed by atoms with E-state index in [2.05, 4.69) is 69.4 Å². The molecule has 0 aliphatic carbocycles. The summed E-state index contributed by atoms with van der Waals surface area (Å²) in [7, 11) is 0. The number of carbonyl (C=O) groups excluding carboxylic acids is 3. The minimum Gasteiger partial charge on any atom is -0.462 e. The van der Waals surface area contributed by atoms with Crippen LogP contribution in [0.25, 0.3) is 0 Å². The number of hydrogen-bond acceptors (Lipinski definition) is 6. The van der Waals surface area contributed by atoms with Gasteiger partial charge >= 0.3 is 17.9 Å². The highest BCUT2D eigenvalue weighted by atomic mass is 16.6. The fourth-order valence-electron chi connectivity index (χ4n) is 10.1. The highest BCUT2D eigenvalue weighted by molar-refractivity contribution is 5.71. The van der Waals surface area contributed by atoms with Gasteiger partial charge in [0.25, 0.3) is 0 Å². The van der Waals surface area contributed by atoms with Crippen LogP contribution in [0.4, 0.5) is 0 Å². The fourth-order valence-corrected chi connectivity index (χ4v) is 10.1. The van der Waals surface area contributed by atoms with Gasteiger partial charge in [0.05, 0.1) is 0 Å². The lowest BCUT2D eigenvalue weighted by Crippen LogP contribution is -2.30. The van der Waals surface area contributed by atoms with Crippen LogP contribution >= 0.6 is 0 Å². The lowest BCUT2D eigenvalue weighted by Gasteiger charge is -2.18. The molecule has 444 valence electrons. The van der Waals surface area contributed by atoms with Gasteiger partial charge in [-0.1, -0.05) is 333 Å². The van der Waals surface area contributed by atoms with Crippen LogP contribution in [0.5, 0.6) is 0 Å². The minimum atomic E-state index is -0.764. The number of esters is 3. The average molecular weight is 1070 g/mol. The molecule has 0 aromatic rings. The van der Waals surface area contributed by atoms with Gasteiger partial charge in [0.15, 0.2) is 6.10 Å². The molecule has 6 nitrogen and oxygen atoms in total. The van der Waals surface area contributed by atoms with Gasteiger partial charge in [-0.15, -0.1) is 0 Å². The molecule has 0 heterocycles. The van der Waals surface area contributed by atoms with E-state index in [0.29, 0.717) is 19.3 Å². The summed E-state index contributed by atoms with van der Waals surface area (Å²) in [5.41, 5.74) is 0. The molecule has 0 fully saturated rings. The average Bonchev–Trinajstić information content (AvgIpc) is 3.42. The molecule has 0 aliphatic heterocycles. The Bertz CT molecular complexity index is 1310. The number of hydrogen-bond donors (Lipinski definition) is 0. The van der Waals surface area contributed by atoms with Gasteiger partial charge in [-0.05, 0) is 57.8 Å². The number of rotatable bonds is 62. The summed E-state index contributed by atoms with van der Waals surface area (Å²) in [4.78, 5) is 38.1. The Morgan fingerprint density at radius 3 is 0.803 bits per heavy atom. The van der Waals surface area contributed by atoms with E-state index < -0.39 is 6.10 Å². The zero-order valence-corrected chi connectivity index (χ0v) is 51.0. The van der Waals surface area contributed by atoms with Crippen molar-refractivity contribution >= 4 is 17.9 Å². The van der Waals surface area contributed by atoms with Crippen molar-refractivity contribution < 1.29 is 28.6 Å². The summed E-state index contributed by atoms with van der Waals surface area (Å²) in [6.45, 7) is 6.55. The van der Waals surface area contributed by atoms with Gasteiger partial charge in [-0.3, -0.25) is 14.4 Å². The smallest absolute Gasteiger partial charge is 0.306 e. The van der Waals surface area contributed by atoms with E-state index in [1.807, 2.05) is 0 Å². The monoisotopic (exact) mass is 1060 g/mol. The maximum atomic E-state index is 12.8. The van der Waals surface area contributed by atoms with Crippen LogP contribution in [-0.2, 0) is 28.6 Å². The molecule has 1 unspecified atom stereocenters. The molecule has 0 bridgehead atoms. The molecular formula is C70H128O6. The topological polar surface area (TPSA) is 78.9 Å². The SMILES string of the molecule is CC/C=C\C/C=C\C/C=C\C/C=C\CCCCCCCCCCCCCCCCCCCCCCCCC(=O)OCC(COC(=O)CCCCCCCCCC)OC(=O)CCCCCCCCCCCCCCCCC. The van der Waals surface area contributed by atoms with E-state index in [1.165, 1.54) is 238 Å². The maximum absolute atomic E-state index is 12.8. The Balaban J connectivity index is 3.94. The van der Waals surface area contributed by atoms with Crippen molar-refractivity contribution in [3.63, 3.8) is 0 Å². The van der Waals surface area contributed by atoms with Gasteiger partial charge in [-0.25, -0.2) is 0 Å². The van der Waals surface area contributed by atoms with E-state index in [9.17, 15) is 14.4 Å². The first-order valence-corrected chi connectivity index (χ1v) is 33.6. The van der Waals surface area contributed by atoms with E-state index in [-0.39, 0.29) is 31.1 Å². The number of allylic oxidation sites excluding steroid dienone is 8. The molecule has 0 aromatic carbocycles. The van der Waals surface area contributed by atoms with E-state index in [1.54, 1.807) is 0 Å². The lowest BCUT2D eigenvalue weighted by molar-refractivity contribution is -0.167. The van der Waals surface area contributed by atoms with Crippen molar-refractivity contribution in [2.75, 3.05) is 13.2 Å². The normalized spacial score (nSPS) is 12.3. The number of unbranched alkanes of at least 4 members (excludes halogenated alkanes) is 43. The molecule has 0 amide bonds. The van der Waals surface area contributed by atoms with Crippen molar-refractivity contribution in [1.29, 1.82) is 0 Å². The molecule has 0 aliphatic rings. The van der Waals surface area contributed by atoms with Crippen molar-refractivity contribution in [1.82, 2.24) is 0 Å². The molecule has 0 rings (SSSR count). The van der Waals surface area contributed by atoms with E-state index in [0.717, 1.165) is 83.5 Å². The summed E-state index contributed by atoms with van der Waals surface area (Å²) >= 11 is 0. The molecule has 6 heteroatoms. The summed E-state index contributed by atoms with van der Waals surface area (Å²) < 4.78 is 16.9. The van der Waals surface area contributed by atoms with Crippen LogP contribution < -0.4 is 0 Å². The summed E-state index contributed by atoms with van der Waals surface area (Å²) in [5, 5.41) is 0. The molecule has 0 radical (unpaired) electrons. The first-order valence-electron chi connectivity index (χ1n) is 33.6. The van der Waals surface area contributed by atoms with Gasteiger partial charge in [0, 0.05) is 19.3 Å². The summed E-state index contributed by atoms with van der Waals surface area (Å²) in [6, 6.07) is 0. The predicted octanol–water partition coefficient (Wildman–Crippen LogP) is 22.9. The highest BCUT2D eigenvalue weighted by Gasteiger charge is 2.19.